The zero-order valence-corrected chi connectivity index (χ0v) is 10.5. The fourth-order valence-corrected chi connectivity index (χ4v) is 1.09. The lowest BCUT2D eigenvalue weighted by Crippen LogP contribution is -2.20. The summed E-state index contributed by atoms with van der Waals surface area (Å²) in [6.07, 6.45) is 0.219. The fourth-order valence-electron chi connectivity index (χ4n) is 1.09. The molecule has 0 saturated heterocycles. The van der Waals surface area contributed by atoms with Gasteiger partial charge in [0, 0.05) is 12.0 Å². The van der Waals surface area contributed by atoms with Crippen molar-refractivity contribution in [3.05, 3.63) is 29.8 Å². The molecule has 102 valence electrons. The average molecular weight is 265 g/mol. The van der Waals surface area contributed by atoms with E-state index >= 15 is 0 Å². The first-order valence-corrected chi connectivity index (χ1v) is 5.57. The molecule has 1 rings (SSSR count). The second-order valence-corrected chi connectivity index (χ2v) is 3.57. The second kappa shape index (κ2) is 7.00. The summed E-state index contributed by atoms with van der Waals surface area (Å²) in [5.74, 6) is -0.481. The molecule has 0 saturated carbocycles. The van der Waals surface area contributed by atoms with Crippen LogP contribution < -0.4 is 16.2 Å². The largest absolute Gasteiger partial charge is 0.484 e. The Labute approximate surface area is 110 Å². The number of amides is 1. The number of amidine groups is 1. The highest BCUT2D eigenvalue weighted by Crippen LogP contribution is 2.11. The molecule has 7 heteroatoms. The number of oxime groups is 1. The van der Waals surface area contributed by atoms with E-state index in [0.29, 0.717) is 11.3 Å². The molecule has 7 nitrogen and oxygen atoms in total. The number of hydrogen-bond acceptors (Lipinski definition) is 5. The van der Waals surface area contributed by atoms with Crippen LogP contribution in [0.4, 0.5) is 0 Å². The highest BCUT2D eigenvalue weighted by molar-refractivity contribution is 5.97. The van der Waals surface area contributed by atoms with Gasteiger partial charge in [0.25, 0.3) is 5.91 Å². The van der Waals surface area contributed by atoms with Crippen LogP contribution in [0.2, 0.25) is 0 Å². The van der Waals surface area contributed by atoms with Crippen LogP contribution in [-0.4, -0.2) is 24.3 Å². The van der Waals surface area contributed by atoms with Crippen molar-refractivity contribution in [1.29, 1.82) is 0 Å². The lowest BCUT2D eigenvalue weighted by molar-refractivity contribution is -0.143. The number of nitrogens with zero attached hydrogens (tertiary/aromatic N) is 1. The Morgan fingerprint density at radius 1 is 1.21 bits per heavy atom. The Morgan fingerprint density at radius 2 is 1.84 bits per heavy atom. The molecule has 0 aliphatic rings. The molecule has 1 aromatic rings. The number of nitrogens with two attached hydrogens (primary N) is 2. The van der Waals surface area contributed by atoms with Crippen LogP contribution >= 0.6 is 0 Å². The number of rotatable bonds is 6. The zero-order chi connectivity index (χ0) is 14.3. The Morgan fingerprint density at radius 3 is 2.37 bits per heavy atom. The van der Waals surface area contributed by atoms with E-state index in [1.165, 1.54) is 0 Å². The third-order valence-corrected chi connectivity index (χ3v) is 2.07. The van der Waals surface area contributed by atoms with E-state index in [0.717, 1.165) is 0 Å². The molecular formula is C12H15N3O4. The Balaban J connectivity index is 2.64. The lowest BCUT2D eigenvalue weighted by Gasteiger charge is -2.05. The van der Waals surface area contributed by atoms with E-state index < -0.39 is 11.9 Å². The summed E-state index contributed by atoms with van der Waals surface area (Å²) in [5, 5.41) is 3.50. The maximum atomic E-state index is 10.9. The van der Waals surface area contributed by atoms with Gasteiger partial charge in [-0.3, -0.25) is 4.79 Å². The van der Waals surface area contributed by atoms with Crippen molar-refractivity contribution in [3.63, 3.8) is 0 Å². The quantitative estimate of drug-likeness (QED) is 0.328. The van der Waals surface area contributed by atoms with Gasteiger partial charge in [0.2, 0.25) is 0 Å². The van der Waals surface area contributed by atoms with Crippen LogP contribution in [0.3, 0.4) is 0 Å². The third kappa shape index (κ3) is 5.07. The van der Waals surface area contributed by atoms with Crippen LogP contribution in [0.5, 0.6) is 5.75 Å². The van der Waals surface area contributed by atoms with Gasteiger partial charge in [-0.2, -0.15) is 0 Å². The van der Waals surface area contributed by atoms with E-state index in [2.05, 4.69) is 9.99 Å². The number of primary amides is 1. The van der Waals surface area contributed by atoms with E-state index in [1.807, 2.05) is 0 Å². The molecule has 0 spiro atoms. The summed E-state index contributed by atoms with van der Waals surface area (Å²) >= 11 is 0. The van der Waals surface area contributed by atoms with Gasteiger partial charge < -0.3 is 21.0 Å². The minimum atomic E-state index is -0.559. The van der Waals surface area contributed by atoms with Gasteiger partial charge in [0.05, 0.1) is 0 Å². The van der Waals surface area contributed by atoms with Crippen LogP contribution in [0.25, 0.3) is 0 Å². The molecule has 19 heavy (non-hydrogen) atoms. The molecule has 0 aliphatic carbocycles. The second-order valence-electron chi connectivity index (χ2n) is 3.57. The van der Waals surface area contributed by atoms with Crippen molar-refractivity contribution in [3.8, 4) is 5.75 Å². The van der Waals surface area contributed by atoms with Crippen molar-refractivity contribution in [2.45, 2.75) is 13.3 Å². The molecule has 0 bridgehead atoms. The molecule has 1 aromatic carbocycles. The van der Waals surface area contributed by atoms with Gasteiger partial charge in [-0.15, -0.1) is 0 Å². The van der Waals surface area contributed by atoms with Crippen molar-refractivity contribution in [2.24, 2.45) is 16.6 Å². The summed E-state index contributed by atoms with van der Waals surface area (Å²) in [7, 11) is 0. The first kappa shape index (κ1) is 14.5. The highest BCUT2D eigenvalue weighted by Gasteiger charge is 2.03. The molecule has 0 unspecified atom stereocenters. The van der Waals surface area contributed by atoms with Gasteiger partial charge in [0.15, 0.2) is 12.4 Å². The minimum Gasteiger partial charge on any atom is -0.484 e. The summed E-state index contributed by atoms with van der Waals surface area (Å²) in [4.78, 5) is 26.0. The molecule has 0 aromatic heterocycles. The van der Waals surface area contributed by atoms with Gasteiger partial charge in [-0.05, 0) is 24.3 Å². The van der Waals surface area contributed by atoms with Gasteiger partial charge in [-0.25, -0.2) is 4.79 Å². The number of carbonyl (C=O) groups excluding carboxylic acids is 2. The van der Waals surface area contributed by atoms with Gasteiger partial charge in [-0.1, -0.05) is 12.1 Å². The first-order chi connectivity index (χ1) is 9.02. The van der Waals surface area contributed by atoms with E-state index in [4.69, 9.17) is 16.2 Å². The monoisotopic (exact) mass is 265 g/mol. The van der Waals surface area contributed by atoms with E-state index in [1.54, 1.807) is 31.2 Å². The third-order valence-electron chi connectivity index (χ3n) is 2.07. The van der Waals surface area contributed by atoms with Crippen LogP contribution in [0, 0.1) is 0 Å². The standard InChI is InChI=1S/C12H15N3O4/c1-2-11(17)19-15-12(14)8-3-5-9(6-4-8)18-7-10(13)16/h3-6H,2,7H2,1H3,(H2,13,16)(H2,14,15). The van der Waals surface area contributed by atoms with Crippen molar-refractivity contribution in [1.82, 2.24) is 0 Å². The summed E-state index contributed by atoms with van der Waals surface area (Å²) in [6.45, 7) is 1.45. The predicted octanol–water partition coefficient (Wildman–Crippen LogP) is 0.124. The maximum absolute atomic E-state index is 10.9. The summed E-state index contributed by atoms with van der Waals surface area (Å²) in [5.41, 5.74) is 11.1. The molecule has 1 amide bonds. The van der Waals surface area contributed by atoms with Gasteiger partial charge in [0.1, 0.15) is 5.75 Å². The van der Waals surface area contributed by atoms with E-state index in [-0.39, 0.29) is 18.9 Å². The molecule has 0 radical (unpaired) electrons. The lowest BCUT2D eigenvalue weighted by atomic mass is 10.2. The Kier molecular flexibility index (Phi) is 5.34. The molecule has 0 fully saturated rings. The fraction of sp³-hybridized carbons (Fsp3) is 0.250. The van der Waals surface area contributed by atoms with Crippen LogP contribution in [0.1, 0.15) is 18.9 Å². The predicted molar refractivity (Wildman–Crippen MR) is 68.2 cm³/mol. The number of carbonyl (C=O) groups is 2. The van der Waals surface area contributed by atoms with Crippen molar-refractivity contribution < 1.29 is 19.2 Å². The molecule has 0 atom stereocenters. The Hall–Kier alpha value is -2.57. The van der Waals surface area contributed by atoms with Crippen LogP contribution in [-0.2, 0) is 14.4 Å². The first-order valence-electron chi connectivity index (χ1n) is 5.57. The molecule has 0 aliphatic heterocycles. The zero-order valence-electron chi connectivity index (χ0n) is 10.5. The molecular weight excluding hydrogens is 250 g/mol. The average Bonchev–Trinajstić information content (AvgIpc) is 2.42. The van der Waals surface area contributed by atoms with E-state index in [9.17, 15) is 9.59 Å². The number of benzene rings is 1. The molecule has 4 N–H and O–H groups in total. The highest BCUT2D eigenvalue weighted by atomic mass is 16.7. The van der Waals surface area contributed by atoms with Crippen molar-refractivity contribution in [2.75, 3.05) is 6.61 Å². The minimum absolute atomic E-state index is 0.0725. The smallest absolute Gasteiger partial charge is 0.334 e. The number of hydrogen-bond donors (Lipinski definition) is 2. The normalized spacial score (nSPS) is 10.9. The van der Waals surface area contributed by atoms with Crippen LogP contribution in [0.15, 0.2) is 29.4 Å². The SMILES string of the molecule is CCC(=O)O/N=C(\N)c1ccc(OCC(N)=O)cc1. The summed E-state index contributed by atoms with van der Waals surface area (Å²) in [6, 6.07) is 6.44. The summed E-state index contributed by atoms with van der Waals surface area (Å²) < 4.78 is 5.08. The topological polar surface area (TPSA) is 117 Å². The maximum Gasteiger partial charge on any atom is 0.334 e. The van der Waals surface area contributed by atoms with Gasteiger partial charge >= 0.3 is 5.97 Å². The molecule has 0 heterocycles. The number of ether oxygens (including phenoxy) is 1. The van der Waals surface area contributed by atoms with Crippen molar-refractivity contribution >= 4 is 17.7 Å². The Bertz CT molecular complexity index is 482.